The van der Waals surface area contributed by atoms with E-state index in [2.05, 4.69) is 27.7 Å². The molecular weight excluding hydrogens is 251 g/mol. The van der Waals surface area contributed by atoms with Crippen molar-refractivity contribution in [3.05, 3.63) is 34.6 Å². The maximum absolute atomic E-state index is 13.3. The van der Waals surface area contributed by atoms with Crippen LogP contribution in [-0.4, -0.2) is 5.78 Å². The SMILES string of the molecule is CC(CC(=O)c1ccc(Cl)c(F)c1)CC(C)(C)C. The van der Waals surface area contributed by atoms with E-state index in [0.717, 1.165) is 6.42 Å². The zero-order chi connectivity index (χ0) is 13.9. The molecule has 0 amide bonds. The van der Waals surface area contributed by atoms with Gasteiger partial charge in [0.25, 0.3) is 0 Å². The van der Waals surface area contributed by atoms with Gasteiger partial charge in [-0.3, -0.25) is 4.79 Å². The van der Waals surface area contributed by atoms with Crippen molar-refractivity contribution in [2.45, 2.75) is 40.5 Å². The molecule has 0 saturated carbocycles. The van der Waals surface area contributed by atoms with E-state index in [1.54, 1.807) is 6.07 Å². The first kappa shape index (κ1) is 15.2. The van der Waals surface area contributed by atoms with E-state index in [4.69, 9.17) is 11.6 Å². The van der Waals surface area contributed by atoms with E-state index in [1.807, 2.05) is 0 Å². The van der Waals surface area contributed by atoms with Crippen LogP contribution in [-0.2, 0) is 0 Å². The van der Waals surface area contributed by atoms with E-state index in [0.29, 0.717) is 12.0 Å². The van der Waals surface area contributed by atoms with Crippen LogP contribution >= 0.6 is 11.6 Å². The van der Waals surface area contributed by atoms with Crippen molar-refractivity contribution < 1.29 is 9.18 Å². The zero-order valence-corrected chi connectivity index (χ0v) is 12.1. The molecule has 1 rings (SSSR count). The van der Waals surface area contributed by atoms with Gasteiger partial charge in [0.05, 0.1) is 5.02 Å². The Balaban J connectivity index is 2.68. The third kappa shape index (κ3) is 4.77. The van der Waals surface area contributed by atoms with Crippen LogP contribution in [0.1, 0.15) is 50.9 Å². The molecule has 0 fully saturated rings. The van der Waals surface area contributed by atoms with Gasteiger partial charge in [-0.05, 0) is 36.0 Å². The fraction of sp³-hybridized carbons (Fsp3) is 0.533. The molecule has 0 aliphatic heterocycles. The van der Waals surface area contributed by atoms with Crippen molar-refractivity contribution in [1.82, 2.24) is 0 Å². The van der Waals surface area contributed by atoms with Gasteiger partial charge >= 0.3 is 0 Å². The fourth-order valence-electron chi connectivity index (χ4n) is 2.22. The van der Waals surface area contributed by atoms with Gasteiger partial charge in [0.15, 0.2) is 5.78 Å². The molecule has 0 bridgehead atoms. The number of benzene rings is 1. The molecule has 100 valence electrons. The minimum Gasteiger partial charge on any atom is -0.294 e. The van der Waals surface area contributed by atoms with Crippen LogP contribution in [0, 0.1) is 17.2 Å². The Bertz CT molecular complexity index is 435. The van der Waals surface area contributed by atoms with Gasteiger partial charge in [-0.2, -0.15) is 0 Å². The molecule has 18 heavy (non-hydrogen) atoms. The summed E-state index contributed by atoms with van der Waals surface area (Å²) >= 11 is 5.59. The van der Waals surface area contributed by atoms with Gasteiger partial charge in [0, 0.05) is 12.0 Å². The van der Waals surface area contributed by atoms with Crippen LogP contribution in [0.2, 0.25) is 5.02 Å². The highest BCUT2D eigenvalue weighted by molar-refractivity contribution is 6.30. The predicted molar refractivity (Wildman–Crippen MR) is 73.6 cm³/mol. The fourth-order valence-corrected chi connectivity index (χ4v) is 2.34. The Hall–Kier alpha value is -0.890. The van der Waals surface area contributed by atoms with E-state index < -0.39 is 5.82 Å². The number of rotatable bonds is 4. The lowest BCUT2D eigenvalue weighted by Crippen LogP contribution is -2.14. The first-order chi connectivity index (χ1) is 8.19. The van der Waals surface area contributed by atoms with Crippen molar-refractivity contribution in [2.75, 3.05) is 0 Å². The normalized spacial score (nSPS) is 13.4. The molecule has 0 radical (unpaired) electrons. The van der Waals surface area contributed by atoms with Crippen LogP contribution in [0.15, 0.2) is 18.2 Å². The third-order valence-electron chi connectivity index (χ3n) is 2.74. The molecule has 1 aromatic rings. The predicted octanol–water partition coefficient (Wildman–Crippen LogP) is 5.12. The summed E-state index contributed by atoms with van der Waals surface area (Å²) in [6, 6.07) is 4.23. The molecule has 0 aromatic heterocycles. The van der Waals surface area contributed by atoms with Crippen LogP contribution in [0.4, 0.5) is 4.39 Å². The molecule has 0 heterocycles. The van der Waals surface area contributed by atoms with E-state index in [-0.39, 0.29) is 22.1 Å². The lowest BCUT2D eigenvalue weighted by Gasteiger charge is -2.22. The lowest BCUT2D eigenvalue weighted by molar-refractivity contribution is 0.0954. The second-order valence-electron chi connectivity index (χ2n) is 6.13. The summed E-state index contributed by atoms with van der Waals surface area (Å²) < 4.78 is 13.3. The molecule has 0 aliphatic carbocycles. The summed E-state index contributed by atoms with van der Waals surface area (Å²) in [6.07, 6.45) is 1.41. The van der Waals surface area contributed by atoms with Gasteiger partial charge in [-0.1, -0.05) is 39.3 Å². The Morgan fingerprint density at radius 2 is 2.00 bits per heavy atom. The van der Waals surface area contributed by atoms with Crippen molar-refractivity contribution in [3.8, 4) is 0 Å². The number of carbonyl (C=O) groups excluding carboxylic acids is 1. The monoisotopic (exact) mass is 270 g/mol. The second-order valence-corrected chi connectivity index (χ2v) is 6.53. The van der Waals surface area contributed by atoms with Crippen molar-refractivity contribution in [1.29, 1.82) is 0 Å². The average molecular weight is 271 g/mol. The topological polar surface area (TPSA) is 17.1 Å². The van der Waals surface area contributed by atoms with E-state index in [9.17, 15) is 9.18 Å². The highest BCUT2D eigenvalue weighted by atomic mass is 35.5. The Morgan fingerprint density at radius 1 is 1.39 bits per heavy atom. The minimum absolute atomic E-state index is 0.0256. The van der Waals surface area contributed by atoms with Gasteiger partial charge in [-0.15, -0.1) is 0 Å². The molecule has 1 unspecified atom stereocenters. The molecule has 0 spiro atoms. The standard InChI is InChI=1S/C15H20ClFO/c1-10(9-15(2,3)4)7-14(18)11-5-6-12(16)13(17)8-11/h5-6,8,10H,7,9H2,1-4H3. The number of ketones is 1. The van der Waals surface area contributed by atoms with Crippen molar-refractivity contribution in [3.63, 3.8) is 0 Å². The summed E-state index contributed by atoms with van der Waals surface area (Å²) in [4.78, 5) is 12.0. The van der Waals surface area contributed by atoms with Gasteiger partial charge in [0.1, 0.15) is 5.82 Å². The first-order valence-corrected chi connectivity index (χ1v) is 6.55. The smallest absolute Gasteiger partial charge is 0.163 e. The molecule has 0 saturated heterocycles. The molecular formula is C15H20ClFO. The summed E-state index contributed by atoms with van der Waals surface area (Å²) in [7, 11) is 0. The van der Waals surface area contributed by atoms with Gasteiger partial charge in [0.2, 0.25) is 0 Å². The van der Waals surface area contributed by atoms with E-state index >= 15 is 0 Å². The molecule has 3 heteroatoms. The Labute approximate surface area is 113 Å². The van der Waals surface area contributed by atoms with Crippen molar-refractivity contribution >= 4 is 17.4 Å². The number of carbonyl (C=O) groups is 1. The van der Waals surface area contributed by atoms with Crippen molar-refractivity contribution in [2.24, 2.45) is 11.3 Å². The lowest BCUT2D eigenvalue weighted by atomic mass is 9.83. The average Bonchev–Trinajstić information content (AvgIpc) is 2.18. The molecule has 1 aromatic carbocycles. The molecule has 1 nitrogen and oxygen atoms in total. The van der Waals surface area contributed by atoms with Crippen LogP contribution in [0.25, 0.3) is 0 Å². The largest absolute Gasteiger partial charge is 0.294 e. The van der Waals surface area contributed by atoms with E-state index in [1.165, 1.54) is 12.1 Å². The maximum Gasteiger partial charge on any atom is 0.163 e. The highest BCUT2D eigenvalue weighted by Crippen LogP contribution is 2.27. The third-order valence-corrected chi connectivity index (χ3v) is 3.04. The molecule has 0 N–H and O–H groups in total. The summed E-state index contributed by atoms with van der Waals surface area (Å²) in [5.74, 6) is -0.274. The number of Topliss-reactive ketones (excluding diaryl/α,β-unsaturated/α-hetero) is 1. The molecule has 0 aliphatic rings. The number of halogens is 2. The van der Waals surface area contributed by atoms with Crippen LogP contribution in [0.5, 0.6) is 0 Å². The number of hydrogen-bond acceptors (Lipinski definition) is 1. The van der Waals surface area contributed by atoms with Gasteiger partial charge in [-0.25, -0.2) is 4.39 Å². The zero-order valence-electron chi connectivity index (χ0n) is 11.4. The quantitative estimate of drug-likeness (QED) is 0.694. The number of hydrogen-bond donors (Lipinski definition) is 0. The summed E-state index contributed by atoms with van der Waals surface area (Å²) in [5.41, 5.74) is 0.600. The maximum atomic E-state index is 13.3. The van der Waals surface area contributed by atoms with Crippen LogP contribution < -0.4 is 0 Å². The first-order valence-electron chi connectivity index (χ1n) is 6.17. The van der Waals surface area contributed by atoms with Gasteiger partial charge < -0.3 is 0 Å². The Morgan fingerprint density at radius 3 is 2.50 bits per heavy atom. The summed E-state index contributed by atoms with van der Waals surface area (Å²) in [6.45, 7) is 8.50. The second kappa shape index (κ2) is 5.83. The van der Waals surface area contributed by atoms with Crippen LogP contribution in [0.3, 0.4) is 0 Å². The summed E-state index contributed by atoms with van der Waals surface area (Å²) in [5, 5.41) is 0.0503. The highest BCUT2D eigenvalue weighted by Gasteiger charge is 2.18. The molecule has 1 atom stereocenters. The Kier molecular flexibility index (Phi) is 4.92. The minimum atomic E-state index is -0.536.